The van der Waals surface area contributed by atoms with E-state index >= 15 is 0 Å². The Morgan fingerprint density at radius 1 is 1.23 bits per heavy atom. The Labute approximate surface area is 196 Å². The van der Waals surface area contributed by atoms with E-state index in [4.69, 9.17) is 0 Å². The molecule has 134 valence electrons. The number of hydrogen-bond acceptors (Lipinski definition) is 4. The summed E-state index contributed by atoms with van der Waals surface area (Å²) < 4.78 is 1.92. The van der Waals surface area contributed by atoms with Gasteiger partial charge in [-0.3, -0.25) is 4.68 Å². The Kier molecular flexibility index (Phi) is 9.52. The van der Waals surface area contributed by atoms with Crippen molar-refractivity contribution in [3.05, 3.63) is 52.8 Å². The molecule has 0 spiro atoms. The Morgan fingerprint density at radius 3 is 2.50 bits per heavy atom. The van der Waals surface area contributed by atoms with E-state index in [0.29, 0.717) is 13.1 Å². The number of rotatable bonds is 7. The second-order valence-electron chi connectivity index (χ2n) is 5.99. The zero-order valence-electron chi connectivity index (χ0n) is 15.8. The Morgan fingerprint density at radius 2 is 1.88 bits per heavy atom. The molecule has 0 bridgehead atoms. The predicted octanol–water partition coefficient (Wildman–Crippen LogP) is -2.17. The van der Waals surface area contributed by atoms with Gasteiger partial charge >= 0.3 is 57.4 Å². The summed E-state index contributed by atoms with van der Waals surface area (Å²) >= 11 is 0. The van der Waals surface area contributed by atoms with Gasteiger partial charge in [0.05, 0.1) is 12.2 Å². The van der Waals surface area contributed by atoms with E-state index in [1.165, 1.54) is 4.90 Å². The maximum Gasteiger partial charge on any atom is 1.00 e. The summed E-state index contributed by atoms with van der Waals surface area (Å²) in [5, 5.41) is 17.8. The molecule has 0 aliphatic carbocycles. The molecular weight excluding hydrogens is 359 g/mol. The van der Waals surface area contributed by atoms with Gasteiger partial charge < -0.3 is 20.1 Å². The largest absolute Gasteiger partial charge is 1.00 e. The van der Waals surface area contributed by atoms with Crippen molar-refractivity contribution in [2.45, 2.75) is 33.4 Å². The first-order chi connectivity index (χ1) is 11.9. The van der Waals surface area contributed by atoms with Gasteiger partial charge in [-0.25, -0.2) is 4.79 Å². The topological polar surface area (TPSA) is 90.3 Å². The van der Waals surface area contributed by atoms with Crippen LogP contribution in [0.15, 0.2) is 30.3 Å². The molecule has 1 aromatic carbocycles. The maximum atomic E-state index is 12.0. The molecule has 0 atom stereocenters. The van der Waals surface area contributed by atoms with Crippen LogP contribution in [0.1, 0.15) is 28.9 Å². The zero-order valence-corrected chi connectivity index (χ0v) is 18.9. The smallest absolute Gasteiger partial charge is 0.550 e. The first-order valence-electron chi connectivity index (χ1n) is 8.14. The van der Waals surface area contributed by atoms with E-state index in [2.05, 4.69) is 10.4 Å². The van der Waals surface area contributed by atoms with Crippen LogP contribution in [0, 0.1) is 13.8 Å². The molecule has 0 aliphatic rings. The molecule has 1 N–H and O–H groups in total. The number of nitrogens with zero attached hydrogens (tertiary/aromatic N) is 3. The number of carbonyl (C=O) groups excluding carboxylic acids is 2. The minimum absolute atomic E-state index is 0. The molecule has 0 fully saturated rings. The number of carboxylic acids is 1. The Hall–Kier alpha value is -1.19. The molecule has 2 rings (SSSR count). The number of aromatic nitrogens is 2. The molecular formula is C18H23KN4O3. The van der Waals surface area contributed by atoms with Crippen molar-refractivity contribution < 1.29 is 66.1 Å². The first-order valence-corrected chi connectivity index (χ1v) is 8.14. The van der Waals surface area contributed by atoms with Crippen molar-refractivity contribution >= 4 is 12.0 Å². The van der Waals surface area contributed by atoms with Crippen LogP contribution in [0.5, 0.6) is 0 Å². The van der Waals surface area contributed by atoms with Crippen LogP contribution in [0.3, 0.4) is 0 Å². The zero-order chi connectivity index (χ0) is 18.4. The fraction of sp³-hybridized carbons (Fsp3) is 0.389. The van der Waals surface area contributed by atoms with Crippen LogP contribution in [0.2, 0.25) is 0 Å². The average Bonchev–Trinajstić information content (AvgIpc) is 2.85. The molecule has 0 saturated heterocycles. The van der Waals surface area contributed by atoms with Crippen LogP contribution in [-0.2, 0) is 17.9 Å². The fourth-order valence-electron chi connectivity index (χ4n) is 2.56. The molecule has 0 saturated carbocycles. The second kappa shape index (κ2) is 10.8. The van der Waals surface area contributed by atoms with Gasteiger partial charge in [-0.05, 0) is 19.4 Å². The number of carbonyl (C=O) groups is 2. The third-order valence-electron chi connectivity index (χ3n) is 4.12. The number of benzene rings is 1. The summed E-state index contributed by atoms with van der Waals surface area (Å²) in [6, 6.07) is 9.72. The number of aliphatic carboxylic acids is 1. The van der Waals surface area contributed by atoms with Gasteiger partial charge in [0.2, 0.25) is 0 Å². The third-order valence-corrected chi connectivity index (χ3v) is 4.12. The summed E-state index contributed by atoms with van der Waals surface area (Å²) in [4.78, 5) is 23.8. The summed E-state index contributed by atoms with van der Waals surface area (Å²) in [5.41, 5.74) is 3.99. The molecule has 0 unspecified atom stereocenters. The normalized spacial score (nSPS) is 10.1. The van der Waals surface area contributed by atoms with Crippen molar-refractivity contribution in [2.75, 3.05) is 13.6 Å². The van der Waals surface area contributed by atoms with Gasteiger partial charge in [0.25, 0.3) is 0 Å². The minimum Gasteiger partial charge on any atom is -0.550 e. The standard InChI is InChI=1S/C18H24N4O3.K/c1-13-16(11-19-18(25)21(3)10-9-17(23)24)14(2)22(20-13)12-15-7-5-4-6-8-15;/h4-8H,9-12H2,1-3H3,(H,19,25)(H,23,24);/q;+1/p-1. The van der Waals surface area contributed by atoms with Crippen LogP contribution < -0.4 is 61.8 Å². The fourth-order valence-corrected chi connectivity index (χ4v) is 2.56. The number of hydrogen-bond donors (Lipinski definition) is 1. The number of urea groups is 1. The molecule has 0 radical (unpaired) electrons. The summed E-state index contributed by atoms with van der Waals surface area (Å²) in [5.74, 6) is -1.17. The van der Waals surface area contributed by atoms with E-state index in [-0.39, 0.29) is 70.4 Å². The van der Waals surface area contributed by atoms with E-state index < -0.39 is 5.97 Å². The average molecular weight is 383 g/mol. The quantitative estimate of drug-likeness (QED) is 0.552. The van der Waals surface area contributed by atoms with Crippen molar-refractivity contribution in [1.82, 2.24) is 20.0 Å². The predicted molar refractivity (Wildman–Crippen MR) is 91.7 cm³/mol. The Bertz CT molecular complexity index is 746. The van der Waals surface area contributed by atoms with Gasteiger partial charge in [0, 0.05) is 43.8 Å². The molecule has 0 aliphatic heterocycles. The summed E-state index contributed by atoms with van der Waals surface area (Å²) in [6.07, 6.45) is -0.184. The number of aryl methyl sites for hydroxylation is 1. The van der Waals surface area contributed by atoms with Crippen LogP contribution in [0.25, 0.3) is 0 Å². The van der Waals surface area contributed by atoms with Crippen LogP contribution in [-0.4, -0.2) is 40.3 Å². The third kappa shape index (κ3) is 6.51. The molecule has 8 heteroatoms. The van der Waals surface area contributed by atoms with Crippen molar-refractivity contribution in [2.24, 2.45) is 0 Å². The number of carboxylic acid groups (broad SMARTS) is 1. The summed E-state index contributed by atoms with van der Waals surface area (Å²) in [7, 11) is 1.55. The van der Waals surface area contributed by atoms with Gasteiger partial charge in [-0.2, -0.15) is 5.10 Å². The van der Waals surface area contributed by atoms with Gasteiger partial charge in [-0.1, -0.05) is 30.3 Å². The van der Waals surface area contributed by atoms with Crippen LogP contribution >= 0.6 is 0 Å². The molecule has 7 nitrogen and oxygen atoms in total. The van der Waals surface area contributed by atoms with E-state index in [9.17, 15) is 14.7 Å². The number of nitrogens with one attached hydrogen (secondary N) is 1. The van der Waals surface area contributed by atoms with Gasteiger partial charge in [0.1, 0.15) is 0 Å². The molecule has 2 aromatic rings. The monoisotopic (exact) mass is 382 g/mol. The van der Waals surface area contributed by atoms with E-state index in [1.54, 1.807) is 7.05 Å². The maximum absolute atomic E-state index is 12.0. The van der Waals surface area contributed by atoms with Gasteiger partial charge in [0.15, 0.2) is 0 Å². The van der Waals surface area contributed by atoms with Crippen molar-refractivity contribution in [3.8, 4) is 0 Å². The second-order valence-corrected chi connectivity index (χ2v) is 5.99. The molecule has 1 aromatic heterocycles. The Balaban J connectivity index is 0.00000338. The first kappa shape index (κ1) is 22.8. The molecule has 1 heterocycles. The molecule has 2 amide bonds. The van der Waals surface area contributed by atoms with Crippen LogP contribution in [0.4, 0.5) is 4.79 Å². The van der Waals surface area contributed by atoms with E-state index in [1.807, 2.05) is 48.9 Å². The minimum atomic E-state index is -1.17. The van der Waals surface area contributed by atoms with E-state index in [0.717, 1.165) is 22.5 Å². The summed E-state index contributed by atoms with van der Waals surface area (Å²) in [6.45, 7) is 5.02. The molecule has 26 heavy (non-hydrogen) atoms. The van der Waals surface area contributed by atoms with Gasteiger partial charge in [-0.15, -0.1) is 0 Å². The SMILES string of the molecule is Cc1nn(Cc2ccccc2)c(C)c1CNC(=O)N(C)CCC(=O)[O-].[K+]. The van der Waals surface area contributed by atoms with Crippen molar-refractivity contribution in [3.63, 3.8) is 0 Å². The van der Waals surface area contributed by atoms with Crippen molar-refractivity contribution in [1.29, 1.82) is 0 Å². The number of amides is 2.